The van der Waals surface area contributed by atoms with E-state index in [-0.39, 0.29) is 5.69 Å². The van der Waals surface area contributed by atoms with Crippen LogP contribution in [-0.2, 0) is 6.42 Å². The zero-order valence-corrected chi connectivity index (χ0v) is 13.4. The normalized spacial score (nSPS) is 17.5. The average Bonchev–Trinajstić information content (AvgIpc) is 3.01. The number of aromatic nitrogens is 2. The van der Waals surface area contributed by atoms with Gasteiger partial charge in [0.25, 0.3) is 5.69 Å². The summed E-state index contributed by atoms with van der Waals surface area (Å²) in [5.41, 5.74) is 1.87. The zero-order chi connectivity index (χ0) is 16.4. The number of aryl methyl sites for hydroxylation is 1. The Bertz CT molecular complexity index is 715. The van der Waals surface area contributed by atoms with Gasteiger partial charge in [-0.1, -0.05) is 13.8 Å². The number of nitro benzene ring substituents is 1. The molecule has 0 N–H and O–H groups in total. The van der Waals surface area contributed by atoms with Crippen LogP contribution in [0.2, 0.25) is 0 Å². The van der Waals surface area contributed by atoms with Gasteiger partial charge in [0.1, 0.15) is 5.82 Å². The van der Waals surface area contributed by atoms with E-state index in [0.29, 0.717) is 11.7 Å². The van der Waals surface area contributed by atoms with Crippen molar-refractivity contribution in [1.29, 1.82) is 0 Å². The summed E-state index contributed by atoms with van der Waals surface area (Å²) in [4.78, 5) is 21.9. The molecule has 2 heterocycles. The van der Waals surface area contributed by atoms with Gasteiger partial charge in [0.05, 0.1) is 4.92 Å². The molecule has 23 heavy (non-hydrogen) atoms. The van der Waals surface area contributed by atoms with E-state index in [4.69, 9.17) is 0 Å². The van der Waals surface area contributed by atoms with Gasteiger partial charge in [0.2, 0.25) is 0 Å². The second-order valence-electron chi connectivity index (χ2n) is 6.04. The molecular formula is C17H20N4O2. The summed E-state index contributed by atoms with van der Waals surface area (Å²) in [5.74, 6) is 2.27. The Kier molecular flexibility index (Phi) is 4.23. The minimum atomic E-state index is -0.399. The van der Waals surface area contributed by atoms with Crippen LogP contribution >= 0.6 is 0 Å². The first-order valence-electron chi connectivity index (χ1n) is 7.94. The SMILES string of the molecule is CCc1cc(N2CCC(C)C2)nc(-c2ccc([N+](=O)[O-])cc2)n1. The monoisotopic (exact) mass is 312 g/mol. The average molecular weight is 312 g/mol. The Morgan fingerprint density at radius 2 is 2.04 bits per heavy atom. The molecule has 1 aliphatic heterocycles. The van der Waals surface area contributed by atoms with Gasteiger partial charge in [0, 0.05) is 42.5 Å². The van der Waals surface area contributed by atoms with Gasteiger partial charge in [-0.15, -0.1) is 0 Å². The van der Waals surface area contributed by atoms with Crippen LogP contribution in [0.15, 0.2) is 30.3 Å². The van der Waals surface area contributed by atoms with E-state index < -0.39 is 4.92 Å². The Balaban J connectivity index is 1.96. The van der Waals surface area contributed by atoms with Crippen LogP contribution in [-0.4, -0.2) is 28.0 Å². The van der Waals surface area contributed by atoms with E-state index in [1.807, 2.05) is 6.07 Å². The molecule has 0 amide bonds. The van der Waals surface area contributed by atoms with Gasteiger partial charge in [-0.2, -0.15) is 0 Å². The van der Waals surface area contributed by atoms with E-state index >= 15 is 0 Å². The maximum atomic E-state index is 10.8. The van der Waals surface area contributed by atoms with Gasteiger partial charge in [-0.3, -0.25) is 10.1 Å². The maximum Gasteiger partial charge on any atom is 0.269 e. The highest BCUT2D eigenvalue weighted by Gasteiger charge is 2.21. The molecule has 1 aliphatic rings. The molecule has 0 saturated carbocycles. The lowest BCUT2D eigenvalue weighted by Gasteiger charge is -2.18. The molecule has 1 aromatic heterocycles. The molecule has 1 unspecified atom stereocenters. The molecule has 0 aliphatic carbocycles. The van der Waals surface area contributed by atoms with Gasteiger partial charge in [-0.05, 0) is 30.9 Å². The fourth-order valence-corrected chi connectivity index (χ4v) is 2.83. The number of nitro groups is 1. The highest BCUT2D eigenvalue weighted by Crippen LogP contribution is 2.26. The number of hydrogen-bond acceptors (Lipinski definition) is 5. The van der Waals surface area contributed by atoms with Crippen LogP contribution in [0.3, 0.4) is 0 Å². The van der Waals surface area contributed by atoms with Crippen molar-refractivity contribution in [3.63, 3.8) is 0 Å². The van der Waals surface area contributed by atoms with Crippen LogP contribution < -0.4 is 4.90 Å². The van der Waals surface area contributed by atoms with Crippen LogP contribution in [0.1, 0.15) is 26.0 Å². The first-order valence-corrected chi connectivity index (χ1v) is 7.94. The first kappa shape index (κ1) is 15.4. The molecule has 0 spiro atoms. The molecule has 3 rings (SSSR count). The van der Waals surface area contributed by atoms with E-state index in [0.717, 1.165) is 36.6 Å². The minimum absolute atomic E-state index is 0.0778. The zero-order valence-electron chi connectivity index (χ0n) is 13.4. The Labute approximate surface area is 135 Å². The number of benzene rings is 1. The predicted molar refractivity (Wildman–Crippen MR) is 89.5 cm³/mol. The lowest BCUT2D eigenvalue weighted by Crippen LogP contribution is -2.21. The first-order chi connectivity index (χ1) is 11.1. The number of rotatable bonds is 4. The van der Waals surface area contributed by atoms with Crippen LogP contribution in [0, 0.1) is 16.0 Å². The minimum Gasteiger partial charge on any atom is -0.356 e. The second kappa shape index (κ2) is 6.32. The number of anilines is 1. The number of non-ortho nitro benzene ring substituents is 1. The van der Waals surface area contributed by atoms with E-state index in [1.54, 1.807) is 12.1 Å². The fourth-order valence-electron chi connectivity index (χ4n) is 2.83. The molecule has 0 radical (unpaired) electrons. The van der Waals surface area contributed by atoms with Crippen molar-refractivity contribution in [3.05, 3.63) is 46.1 Å². The van der Waals surface area contributed by atoms with Crippen molar-refractivity contribution in [2.75, 3.05) is 18.0 Å². The Morgan fingerprint density at radius 3 is 2.61 bits per heavy atom. The summed E-state index contributed by atoms with van der Waals surface area (Å²) in [5, 5.41) is 10.8. The molecular weight excluding hydrogens is 292 g/mol. The van der Waals surface area contributed by atoms with E-state index in [2.05, 4.69) is 28.7 Å². The van der Waals surface area contributed by atoms with Crippen molar-refractivity contribution >= 4 is 11.5 Å². The molecule has 120 valence electrons. The molecule has 2 aromatic rings. The molecule has 1 saturated heterocycles. The molecule has 6 heteroatoms. The van der Waals surface area contributed by atoms with Crippen LogP contribution in [0.5, 0.6) is 0 Å². The van der Waals surface area contributed by atoms with Gasteiger partial charge in [0.15, 0.2) is 5.82 Å². The third kappa shape index (κ3) is 3.31. The fraction of sp³-hybridized carbons (Fsp3) is 0.412. The lowest BCUT2D eigenvalue weighted by atomic mass is 10.2. The predicted octanol–water partition coefficient (Wildman–Crippen LogP) is 3.46. The highest BCUT2D eigenvalue weighted by molar-refractivity contribution is 5.60. The van der Waals surface area contributed by atoms with E-state index in [9.17, 15) is 10.1 Å². The summed E-state index contributed by atoms with van der Waals surface area (Å²) >= 11 is 0. The summed E-state index contributed by atoms with van der Waals surface area (Å²) in [6, 6.07) is 8.46. The summed E-state index contributed by atoms with van der Waals surface area (Å²) in [6.45, 7) is 6.35. The Hall–Kier alpha value is -2.50. The molecule has 1 aromatic carbocycles. The topological polar surface area (TPSA) is 72.2 Å². The Morgan fingerprint density at radius 1 is 1.30 bits per heavy atom. The van der Waals surface area contributed by atoms with Crippen LogP contribution in [0.4, 0.5) is 11.5 Å². The van der Waals surface area contributed by atoms with Crippen molar-refractivity contribution < 1.29 is 4.92 Å². The molecule has 1 atom stereocenters. The lowest BCUT2D eigenvalue weighted by molar-refractivity contribution is -0.384. The summed E-state index contributed by atoms with van der Waals surface area (Å²) in [7, 11) is 0. The smallest absolute Gasteiger partial charge is 0.269 e. The van der Waals surface area contributed by atoms with Gasteiger partial charge >= 0.3 is 0 Å². The number of hydrogen-bond donors (Lipinski definition) is 0. The third-order valence-corrected chi connectivity index (χ3v) is 4.21. The maximum absolute atomic E-state index is 10.8. The third-order valence-electron chi connectivity index (χ3n) is 4.21. The van der Waals surface area contributed by atoms with Crippen molar-refractivity contribution in [1.82, 2.24) is 9.97 Å². The van der Waals surface area contributed by atoms with Gasteiger partial charge in [-0.25, -0.2) is 9.97 Å². The van der Waals surface area contributed by atoms with E-state index in [1.165, 1.54) is 18.6 Å². The standard InChI is InChI=1S/C17H20N4O2/c1-3-14-10-16(20-9-8-12(2)11-20)19-17(18-14)13-4-6-15(7-5-13)21(22)23/h4-7,10,12H,3,8-9,11H2,1-2H3. The molecule has 0 bridgehead atoms. The second-order valence-corrected chi connectivity index (χ2v) is 6.04. The highest BCUT2D eigenvalue weighted by atomic mass is 16.6. The van der Waals surface area contributed by atoms with Crippen LogP contribution in [0.25, 0.3) is 11.4 Å². The molecule has 1 fully saturated rings. The van der Waals surface area contributed by atoms with Crippen molar-refractivity contribution in [3.8, 4) is 11.4 Å². The summed E-state index contributed by atoms with van der Waals surface area (Å²) in [6.07, 6.45) is 2.01. The van der Waals surface area contributed by atoms with Gasteiger partial charge < -0.3 is 4.90 Å². The summed E-state index contributed by atoms with van der Waals surface area (Å²) < 4.78 is 0. The quantitative estimate of drug-likeness (QED) is 0.638. The van der Waals surface area contributed by atoms with Crippen molar-refractivity contribution in [2.24, 2.45) is 5.92 Å². The molecule has 6 nitrogen and oxygen atoms in total. The largest absolute Gasteiger partial charge is 0.356 e. The number of nitrogens with zero attached hydrogens (tertiary/aromatic N) is 4. The van der Waals surface area contributed by atoms with Crippen molar-refractivity contribution in [2.45, 2.75) is 26.7 Å².